The smallest absolute Gasteiger partial charge is 0.325 e. The Kier molecular flexibility index (Phi) is 3.51. The number of methoxy groups -OCH3 is 1. The predicted octanol–water partition coefficient (Wildman–Crippen LogP) is 0.476. The molecule has 1 aliphatic rings. The van der Waals surface area contributed by atoms with E-state index in [0.717, 1.165) is 11.1 Å². The van der Waals surface area contributed by atoms with Crippen LogP contribution in [0.25, 0.3) is 0 Å². The molecule has 0 saturated carbocycles. The number of ether oxygens (including phenoxy) is 1. The zero-order chi connectivity index (χ0) is 14.2. The molecule has 0 saturated heterocycles. The Bertz CT molecular complexity index is 612. The topological polar surface area (TPSA) is 89.7 Å². The lowest BCUT2D eigenvalue weighted by Gasteiger charge is -2.19. The van der Waals surface area contributed by atoms with Gasteiger partial charge < -0.3 is 10.5 Å². The van der Waals surface area contributed by atoms with Crippen molar-refractivity contribution in [3.05, 3.63) is 29.3 Å². The average molecular weight is 284 g/mol. The summed E-state index contributed by atoms with van der Waals surface area (Å²) < 4.78 is 30.3. The van der Waals surface area contributed by atoms with E-state index in [1.165, 1.54) is 18.3 Å². The lowest BCUT2D eigenvalue weighted by molar-refractivity contribution is -0.139. The van der Waals surface area contributed by atoms with Crippen molar-refractivity contribution in [2.75, 3.05) is 12.8 Å². The fourth-order valence-corrected chi connectivity index (χ4v) is 3.50. The molecule has 1 aromatic carbocycles. The number of nitrogens with two attached hydrogens (primary N) is 1. The molecule has 1 aliphatic heterocycles. The largest absolute Gasteiger partial charge is 0.468 e. The number of esters is 1. The molecular weight excluding hydrogens is 268 g/mol. The van der Waals surface area contributed by atoms with Crippen molar-refractivity contribution in [2.45, 2.75) is 25.3 Å². The van der Waals surface area contributed by atoms with E-state index < -0.39 is 21.2 Å². The van der Waals surface area contributed by atoms with Crippen molar-refractivity contribution in [3.63, 3.8) is 0 Å². The van der Waals surface area contributed by atoms with Crippen LogP contribution >= 0.6 is 0 Å². The Morgan fingerprint density at radius 2 is 2.00 bits per heavy atom. The zero-order valence-corrected chi connectivity index (χ0v) is 11.6. The highest BCUT2D eigenvalue weighted by atomic mass is 32.2. The van der Waals surface area contributed by atoms with Crippen LogP contribution in [0.4, 0.5) is 5.69 Å². The van der Waals surface area contributed by atoms with Crippen molar-refractivity contribution in [2.24, 2.45) is 0 Å². The van der Waals surface area contributed by atoms with Crippen LogP contribution in [0.2, 0.25) is 0 Å². The third-order valence-electron chi connectivity index (χ3n) is 3.26. The van der Waals surface area contributed by atoms with Gasteiger partial charge in [0.2, 0.25) is 10.0 Å². The summed E-state index contributed by atoms with van der Waals surface area (Å²) in [7, 11) is -2.54. The molecule has 1 aromatic rings. The van der Waals surface area contributed by atoms with Crippen LogP contribution in [-0.2, 0) is 32.6 Å². The third kappa shape index (κ3) is 2.43. The van der Waals surface area contributed by atoms with Gasteiger partial charge in [0.15, 0.2) is 5.25 Å². The van der Waals surface area contributed by atoms with Gasteiger partial charge >= 0.3 is 5.97 Å². The predicted molar refractivity (Wildman–Crippen MR) is 70.5 cm³/mol. The maximum Gasteiger partial charge on any atom is 0.325 e. The minimum atomic E-state index is -3.71. The molecule has 0 amide bonds. The van der Waals surface area contributed by atoms with Crippen LogP contribution in [0, 0.1) is 0 Å². The first-order valence-corrected chi connectivity index (χ1v) is 7.30. The molecule has 0 fully saturated rings. The van der Waals surface area contributed by atoms with E-state index in [1.54, 1.807) is 12.1 Å². The molecule has 0 aromatic heterocycles. The van der Waals surface area contributed by atoms with Gasteiger partial charge in [0.05, 0.1) is 7.11 Å². The van der Waals surface area contributed by atoms with Gasteiger partial charge in [-0.05, 0) is 30.2 Å². The highest BCUT2D eigenvalue weighted by molar-refractivity contribution is 7.90. The third-order valence-corrected chi connectivity index (χ3v) is 5.33. The minimum absolute atomic E-state index is 0.240. The van der Waals surface area contributed by atoms with Gasteiger partial charge in [0.25, 0.3) is 0 Å². The van der Waals surface area contributed by atoms with Crippen LogP contribution in [0.15, 0.2) is 18.2 Å². The quantitative estimate of drug-likeness (QED) is 0.644. The summed E-state index contributed by atoms with van der Waals surface area (Å²) >= 11 is 0. The molecule has 0 spiro atoms. The summed E-state index contributed by atoms with van der Waals surface area (Å²) in [5.41, 5.74) is 8.06. The Morgan fingerprint density at radius 3 is 2.63 bits per heavy atom. The molecule has 1 atom stereocenters. The second kappa shape index (κ2) is 4.82. The maximum atomic E-state index is 12.3. The minimum Gasteiger partial charge on any atom is -0.468 e. The fraction of sp³-hybridized carbons (Fsp3) is 0.417. The second-order valence-electron chi connectivity index (χ2n) is 4.51. The van der Waals surface area contributed by atoms with Crippen molar-refractivity contribution in [3.8, 4) is 0 Å². The lowest BCUT2D eigenvalue weighted by atomic mass is 10.1. The van der Waals surface area contributed by atoms with Crippen molar-refractivity contribution in [1.82, 2.24) is 4.31 Å². The molecule has 19 heavy (non-hydrogen) atoms. The monoisotopic (exact) mass is 284 g/mol. The molecule has 0 bridgehead atoms. The number of carbonyl (C=O) groups excluding carboxylic acids is 1. The van der Waals surface area contributed by atoms with Crippen molar-refractivity contribution >= 4 is 21.7 Å². The number of benzene rings is 1. The number of sulfonamides is 1. The van der Waals surface area contributed by atoms with E-state index >= 15 is 0 Å². The van der Waals surface area contributed by atoms with E-state index in [4.69, 9.17) is 5.73 Å². The second-order valence-corrected chi connectivity index (χ2v) is 6.76. The molecule has 6 nitrogen and oxygen atoms in total. The van der Waals surface area contributed by atoms with Crippen LogP contribution in [0.5, 0.6) is 0 Å². The highest BCUT2D eigenvalue weighted by Gasteiger charge is 2.37. The summed E-state index contributed by atoms with van der Waals surface area (Å²) in [6.45, 7) is 1.84. The van der Waals surface area contributed by atoms with Gasteiger partial charge in [-0.1, -0.05) is 6.07 Å². The van der Waals surface area contributed by atoms with Gasteiger partial charge in [0.1, 0.15) is 0 Å². The van der Waals surface area contributed by atoms with E-state index in [2.05, 4.69) is 4.74 Å². The number of carbonyl (C=O) groups is 1. The van der Waals surface area contributed by atoms with Gasteiger partial charge in [-0.25, -0.2) is 8.42 Å². The molecule has 1 heterocycles. The molecule has 2 N–H and O–H groups in total. The number of fused-ring (bicyclic) bond motifs is 1. The van der Waals surface area contributed by atoms with Gasteiger partial charge in [-0.2, -0.15) is 4.31 Å². The average Bonchev–Trinajstić information content (AvgIpc) is 2.80. The van der Waals surface area contributed by atoms with Crippen LogP contribution in [0.3, 0.4) is 0 Å². The molecule has 104 valence electrons. The summed E-state index contributed by atoms with van der Waals surface area (Å²) in [6, 6.07) is 5.30. The number of hydrogen-bond donors (Lipinski definition) is 1. The first-order valence-electron chi connectivity index (χ1n) is 5.80. The van der Waals surface area contributed by atoms with Gasteiger partial charge in [-0.3, -0.25) is 4.79 Å². The van der Waals surface area contributed by atoms with E-state index in [0.29, 0.717) is 5.69 Å². The summed E-state index contributed by atoms with van der Waals surface area (Å²) in [5.74, 6) is -0.754. The molecule has 0 radical (unpaired) electrons. The highest BCUT2D eigenvalue weighted by Crippen LogP contribution is 2.28. The number of nitrogens with zero attached hydrogens (tertiary/aromatic N) is 1. The van der Waals surface area contributed by atoms with Crippen LogP contribution < -0.4 is 5.73 Å². The van der Waals surface area contributed by atoms with Crippen molar-refractivity contribution < 1.29 is 17.9 Å². The van der Waals surface area contributed by atoms with Crippen LogP contribution in [-0.4, -0.2) is 31.1 Å². The van der Waals surface area contributed by atoms with E-state index in [1.807, 2.05) is 6.07 Å². The molecule has 1 unspecified atom stereocenters. The molecule has 0 aliphatic carbocycles. The Labute approximate surface area is 112 Å². The number of anilines is 1. The standard InChI is InChI=1S/C12H16N2O4S/c1-8(12(15)18-2)19(16,17)14-6-9-3-4-11(13)5-10(9)7-14/h3-5,8H,6-7,13H2,1-2H3. The van der Waals surface area contributed by atoms with Gasteiger partial charge in [0, 0.05) is 18.8 Å². The first-order chi connectivity index (χ1) is 8.86. The van der Waals surface area contributed by atoms with Crippen molar-refractivity contribution in [1.29, 1.82) is 0 Å². The lowest BCUT2D eigenvalue weighted by Crippen LogP contribution is -2.38. The Balaban J connectivity index is 2.25. The summed E-state index contributed by atoms with van der Waals surface area (Å²) in [5, 5.41) is -1.20. The van der Waals surface area contributed by atoms with Gasteiger partial charge in [-0.15, -0.1) is 0 Å². The number of nitrogen functional groups attached to an aromatic ring is 1. The molecule has 2 rings (SSSR count). The first kappa shape index (κ1) is 13.8. The number of hydrogen-bond acceptors (Lipinski definition) is 5. The zero-order valence-electron chi connectivity index (χ0n) is 10.8. The fourth-order valence-electron chi connectivity index (χ4n) is 2.07. The molecule has 7 heteroatoms. The Hall–Kier alpha value is -1.60. The summed E-state index contributed by atoms with van der Waals surface area (Å²) in [4.78, 5) is 11.4. The maximum absolute atomic E-state index is 12.3. The number of rotatable bonds is 3. The van der Waals surface area contributed by atoms with E-state index in [-0.39, 0.29) is 13.1 Å². The van der Waals surface area contributed by atoms with Crippen LogP contribution in [0.1, 0.15) is 18.1 Å². The SMILES string of the molecule is COC(=O)C(C)S(=O)(=O)N1Cc2ccc(N)cc2C1. The summed E-state index contributed by atoms with van der Waals surface area (Å²) in [6.07, 6.45) is 0. The normalized spacial score (nSPS) is 16.9. The van der Waals surface area contributed by atoms with E-state index in [9.17, 15) is 13.2 Å². The Morgan fingerprint density at radius 1 is 1.37 bits per heavy atom. The molecular formula is C12H16N2O4S.